The molecule has 2 aliphatic heterocycles. The van der Waals surface area contributed by atoms with Gasteiger partial charge in [0.05, 0.1) is 18.8 Å². The van der Waals surface area contributed by atoms with Crippen molar-refractivity contribution in [3.63, 3.8) is 0 Å². The van der Waals surface area contributed by atoms with E-state index in [4.69, 9.17) is 9.47 Å². The number of rotatable bonds is 4. The SMILES string of the molecule is COC(=O)C1C(=O)C[C@]2(CSc3ccccc3)C[C@@H](C)[C@H]1O2. The van der Waals surface area contributed by atoms with Gasteiger partial charge < -0.3 is 9.47 Å². The largest absolute Gasteiger partial charge is 0.468 e. The van der Waals surface area contributed by atoms with E-state index in [-0.39, 0.29) is 17.8 Å². The standard InChI is InChI=1S/C17H20O4S/c1-11-8-17(10-22-12-6-4-3-5-7-12)9-13(18)14(15(11)21-17)16(19)20-2/h3-7,11,14-15H,8-10H2,1-2H3/t11-,14?,15-,17+/m1/s1. The number of ketones is 1. The van der Waals surface area contributed by atoms with Crippen LogP contribution in [0.15, 0.2) is 35.2 Å². The van der Waals surface area contributed by atoms with Crippen molar-refractivity contribution in [3.8, 4) is 0 Å². The predicted octanol–water partition coefficient (Wildman–Crippen LogP) is 2.70. The second-order valence-corrected chi connectivity index (χ2v) is 7.24. The quantitative estimate of drug-likeness (QED) is 0.485. The molecule has 1 aromatic rings. The monoisotopic (exact) mass is 320 g/mol. The highest BCUT2D eigenvalue weighted by molar-refractivity contribution is 7.99. The van der Waals surface area contributed by atoms with Crippen molar-refractivity contribution in [1.29, 1.82) is 0 Å². The highest BCUT2D eigenvalue weighted by Crippen LogP contribution is 2.48. The lowest BCUT2D eigenvalue weighted by molar-refractivity contribution is -0.168. The molecule has 22 heavy (non-hydrogen) atoms. The van der Waals surface area contributed by atoms with E-state index in [9.17, 15) is 9.59 Å². The number of fused-ring (bicyclic) bond motifs is 2. The second-order valence-electron chi connectivity index (χ2n) is 6.19. The molecule has 0 saturated carbocycles. The fraction of sp³-hybridized carbons (Fsp3) is 0.529. The lowest BCUT2D eigenvalue weighted by Gasteiger charge is -2.35. The number of carbonyl (C=O) groups is 2. The molecular formula is C17H20O4S. The zero-order chi connectivity index (χ0) is 15.7. The molecule has 2 saturated heterocycles. The van der Waals surface area contributed by atoms with Crippen molar-refractivity contribution in [2.24, 2.45) is 11.8 Å². The van der Waals surface area contributed by atoms with Crippen LogP contribution in [0.2, 0.25) is 0 Å². The van der Waals surface area contributed by atoms with Crippen molar-refractivity contribution in [3.05, 3.63) is 30.3 Å². The molecule has 0 aromatic heterocycles. The van der Waals surface area contributed by atoms with Crippen LogP contribution in [0.25, 0.3) is 0 Å². The van der Waals surface area contributed by atoms with Gasteiger partial charge in [-0.3, -0.25) is 9.59 Å². The number of hydrogen-bond donors (Lipinski definition) is 0. The molecule has 0 aliphatic carbocycles. The van der Waals surface area contributed by atoms with Crippen LogP contribution in [0, 0.1) is 11.8 Å². The Morgan fingerprint density at radius 1 is 1.41 bits per heavy atom. The van der Waals surface area contributed by atoms with Crippen LogP contribution in [0.3, 0.4) is 0 Å². The molecular weight excluding hydrogens is 300 g/mol. The molecule has 4 atom stereocenters. The Kier molecular flexibility index (Phi) is 4.28. The third-order valence-electron chi connectivity index (χ3n) is 4.51. The maximum absolute atomic E-state index is 12.4. The van der Waals surface area contributed by atoms with Gasteiger partial charge in [-0.15, -0.1) is 11.8 Å². The van der Waals surface area contributed by atoms with Gasteiger partial charge in [-0.25, -0.2) is 0 Å². The van der Waals surface area contributed by atoms with Crippen molar-refractivity contribution in [2.45, 2.75) is 36.4 Å². The first-order valence-corrected chi connectivity index (χ1v) is 8.49. The minimum atomic E-state index is -0.752. The summed E-state index contributed by atoms with van der Waals surface area (Å²) in [5.41, 5.74) is -0.438. The van der Waals surface area contributed by atoms with Gasteiger partial charge in [0.15, 0.2) is 5.78 Å². The van der Waals surface area contributed by atoms with Crippen molar-refractivity contribution < 1.29 is 19.1 Å². The van der Waals surface area contributed by atoms with Gasteiger partial charge in [0.2, 0.25) is 0 Å². The molecule has 1 unspecified atom stereocenters. The summed E-state index contributed by atoms with van der Waals surface area (Å²) < 4.78 is 11.0. The summed E-state index contributed by atoms with van der Waals surface area (Å²) in [6.45, 7) is 2.05. The van der Waals surface area contributed by atoms with E-state index in [2.05, 4.69) is 12.1 Å². The van der Waals surface area contributed by atoms with Gasteiger partial charge in [0.25, 0.3) is 0 Å². The third-order valence-corrected chi connectivity index (χ3v) is 5.79. The lowest BCUT2D eigenvalue weighted by Crippen LogP contribution is -2.48. The molecule has 0 N–H and O–H groups in total. The summed E-state index contributed by atoms with van der Waals surface area (Å²) in [5.74, 6) is -0.337. The van der Waals surface area contributed by atoms with Crippen LogP contribution in [0.1, 0.15) is 19.8 Å². The maximum Gasteiger partial charge on any atom is 0.318 e. The van der Waals surface area contributed by atoms with Crippen molar-refractivity contribution in [1.82, 2.24) is 0 Å². The summed E-state index contributed by atoms with van der Waals surface area (Å²) >= 11 is 1.70. The predicted molar refractivity (Wildman–Crippen MR) is 83.7 cm³/mol. The van der Waals surface area contributed by atoms with E-state index < -0.39 is 17.5 Å². The summed E-state index contributed by atoms with van der Waals surface area (Å²) in [5, 5.41) is 0. The Bertz CT molecular complexity index is 573. The lowest BCUT2D eigenvalue weighted by atomic mass is 9.89. The van der Waals surface area contributed by atoms with Gasteiger partial charge >= 0.3 is 5.97 Å². The van der Waals surface area contributed by atoms with Crippen LogP contribution >= 0.6 is 11.8 Å². The first kappa shape index (κ1) is 15.6. The Morgan fingerprint density at radius 2 is 2.14 bits per heavy atom. The molecule has 0 radical (unpaired) electrons. The van der Waals surface area contributed by atoms with Gasteiger partial charge in [0, 0.05) is 17.1 Å². The number of carbonyl (C=O) groups excluding carboxylic acids is 2. The number of esters is 1. The average molecular weight is 320 g/mol. The average Bonchev–Trinajstić information content (AvgIpc) is 2.78. The zero-order valence-corrected chi connectivity index (χ0v) is 13.6. The van der Waals surface area contributed by atoms with E-state index >= 15 is 0 Å². The van der Waals surface area contributed by atoms with Crippen molar-refractivity contribution in [2.75, 3.05) is 12.9 Å². The molecule has 0 amide bonds. The Labute approximate surface area is 134 Å². The van der Waals surface area contributed by atoms with Gasteiger partial charge in [-0.05, 0) is 24.5 Å². The molecule has 118 valence electrons. The van der Waals surface area contributed by atoms with Crippen LogP contribution in [-0.2, 0) is 19.1 Å². The first-order chi connectivity index (χ1) is 10.5. The number of hydrogen-bond acceptors (Lipinski definition) is 5. The highest BCUT2D eigenvalue weighted by atomic mass is 32.2. The number of Topliss-reactive ketones (excluding diaryl/α,β-unsaturated/α-hetero) is 1. The summed E-state index contributed by atoms with van der Waals surface area (Å²) in [4.78, 5) is 25.5. The minimum absolute atomic E-state index is 0.0406. The van der Waals surface area contributed by atoms with Crippen molar-refractivity contribution >= 4 is 23.5 Å². The molecule has 2 bridgehead atoms. The molecule has 2 aliphatic rings. The van der Waals surface area contributed by atoms with Crippen LogP contribution in [-0.4, -0.2) is 36.3 Å². The third kappa shape index (κ3) is 2.79. The zero-order valence-electron chi connectivity index (χ0n) is 12.8. The van der Waals surface area contributed by atoms with Gasteiger partial charge in [-0.1, -0.05) is 25.1 Å². The van der Waals surface area contributed by atoms with Gasteiger partial charge in [-0.2, -0.15) is 0 Å². The molecule has 3 rings (SSSR count). The highest BCUT2D eigenvalue weighted by Gasteiger charge is 2.57. The normalized spacial score (nSPS) is 33.7. The molecule has 1 aromatic carbocycles. The molecule has 4 nitrogen and oxygen atoms in total. The van der Waals surface area contributed by atoms with E-state index in [1.165, 1.54) is 12.0 Å². The molecule has 0 spiro atoms. The van der Waals surface area contributed by atoms with Gasteiger partial charge in [0.1, 0.15) is 5.92 Å². The van der Waals surface area contributed by atoms with Crippen LogP contribution in [0.4, 0.5) is 0 Å². The second kappa shape index (κ2) is 6.05. The first-order valence-electron chi connectivity index (χ1n) is 7.51. The number of methoxy groups -OCH3 is 1. The molecule has 5 heteroatoms. The van der Waals surface area contributed by atoms with E-state index in [1.54, 1.807) is 11.8 Å². The van der Waals surface area contributed by atoms with E-state index in [0.29, 0.717) is 6.42 Å². The fourth-order valence-corrected chi connectivity index (χ4v) is 4.61. The maximum atomic E-state index is 12.4. The fourth-order valence-electron chi connectivity index (χ4n) is 3.55. The number of benzene rings is 1. The Balaban J connectivity index is 1.74. The Morgan fingerprint density at radius 3 is 2.82 bits per heavy atom. The summed E-state index contributed by atoms with van der Waals surface area (Å²) in [6.07, 6.45) is 0.773. The topological polar surface area (TPSA) is 52.6 Å². The number of ether oxygens (including phenoxy) is 2. The van der Waals surface area contributed by atoms with E-state index in [1.807, 2.05) is 25.1 Å². The van der Waals surface area contributed by atoms with Crippen LogP contribution in [0.5, 0.6) is 0 Å². The van der Waals surface area contributed by atoms with E-state index in [0.717, 1.165) is 12.2 Å². The summed E-state index contributed by atoms with van der Waals surface area (Å²) in [6, 6.07) is 10.1. The van der Waals surface area contributed by atoms with Crippen LogP contribution < -0.4 is 0 Å². The minimum Gasteiger partial charge on any atom is -0.468 e. The number of thioether (sulfide) groups is 1. The summed E-state index contributed by atoms with van der Waals surface area (Å²) in [7, 11) is 1.32. The Hall–Kier alpha value is -1.33. The molecule has 2 heterocycles. The molecule has 2 fully saturated rings. The smallest absolute Gasteiger partial charge is 0.318 e.